The van der Waals surface area contributed by atoms with Crippen LogP contribution in [0.2, 0.25) is 0 Å². The van der Waals surface area contributed by atoms with Gasteiger partial charge in [-0.2, -0.15) is 0 Å². The molecule has 2 aromatic rings. The van der Waals surface area contributed by atoms with Crippen molar-refractivity contribution in [2.24, 2.45) is 5.73 Å². The number of amides is 2. The fourth-order valence-corrected chi connectivity index (χ4v) is 2.67. The van der Waals surface area contributed by atoms with Crippen LogP contribution in [0, 0.1) is 0 Å². The van der Waals surface area contributed by atoms with Crippen molar-refractivity contribution < 1.29 is 29.7 Å². The van der Waals surface area contributed by atoms with Crippen molar-refractivity contribution in [2.45, 2.75) is 37.6 Å². The standard InChI is InChI=1S/C18H24N4O6/c1-9(24)15(19)17(26)22-14(8-23)16(25)21-13(18(27)28)6-10-7-20-12-5-3-2-4-11(10)12/h2-5,7,9,13-15,20,23-24H,6,8,19H2,1H3,(H,21,25)(H,22,26)(H,27,28)/t9-,13+,14+,15+/m1/s1. The summed E-state index contributed by atoms with van der Waals surface area (Å²) in [5.41, 5.74) is 7.01. The number of carboxylic acid groups (broad SMARTS) is 1. The lowest BCUT2D eigenvalue weighted by Gasteiger charge is -2.22. The Balaban J connectivity index is 2.08. The molecule has 0 radical (unpaired) electrons. The highest BCUT2D eigenvalue weighted by atomic mass is 16.4. The Morgan fingerprint density at radius 1 is 1.14 bits per heavy atom. The van der Waals surface area contributed by atoms with Crippen molar-refractivity contribution in [1.82, 2.24) is 15.6 Å². The molecule has 8 N–H and O–H groups in total. The maximum atomic E-state index is 12.3. The van der Waals surface area contributed by atoms with Gasteiger partial charge in [-0.05, 0) is 18.6 Å². The number of nitrogens with one attached hydrogen (secondary N) is 3. The van der Waals surface area contributed by atoms with Gasteiger partial charge >= 0.3 is 5.97 Å². The number of nitrogens with two attached hydrogens (primary N) is 1. The number of carboxylic acids is 1. The third-order valence-electron chi connectivity index (χ3n) is 4.35. The highest BCUT2D eigenvalue weighted by molar-refractivity contribution is 5.92. The molecule has 1 aromatic carbocycles. The summed E-state index contributed by atoms with van der Waals surface area (Å²) in [6, 6.07) is 3.36. The van der Waals surface area contributed by atoms with E-state index in [2.05, 4.69) is 15.6 Å². The monoisotopic (exact) mass is 392 g/mol. The number of rotatable bonds is 9. The highest BCUT2D eigenvalue weighted by Gasteiger charge is 2.29. The van der Waals surface area contributed by atoms with Gasteiger partial charge in [0.15, 0.2) is 0 Å². The molecular weight excluding hydrogens is 368 g/mol. The molecule has 0 unspecified atom stereocenters. The van der Waals surface area contributed by atoms with E-state index in [0.717, 1.165) is 10.9 Å². The first-order chi connectivity index (χ1) is 13.2. The number of carbonyl (C=O) groups is 3. The minimum atomic E-state index is -1.40. The Hall–Kier alpha value is -2.95. The number of para-hydroxylation sites is 1. The first-order valence-corrected chi connectivity index (χ1v) is 8.67. The molecule has 0 saturated carbocycles. The van der Waals surface area contributed by atoms with Gasteiger partial charge in [0, 0.05) is 23.5 Å². The lowest BCUT2D eigenvalue weighted by Crippen LogP contribution is -2.57. The second-order valence-corrected chi connectivity index (χ2v) is 6.47. The van der Waals surface area contributed by atoms with Gasteiger partial charge < -0.3 is 36.7 Å². The molecule has 4 atom stereocenters. The first kappa shape index (κ1) is 21.4. The van der Waals surface area contributed by atoms with E-state index in [1.165, 1.54) is 6.92 Å². The fourth-order valence-electron chi connectivity index (χ4n) is 2.67. The van der Waals surface area contributed by atoms with Crippen LogP contribution in [0.1, 0.15) is 12.5 Å². The van der Waals surface area contributed by atoms with Crippen LogP contribution in [0.4, 0.5) is 0 Å². The third-order valence-corrected chi connectivity index (χ3v) is 4.35. The largest absolute Gasteiger partial charge is 0.480 e. The predicted molar refractivity (Wildman–Crippen MR) is 100 cm³/mol. The average molecular weight is 392 g/mol. The van der Waals surface area contributed by atoms with Crippen LogP contribution in [-0.2, 0) is 20.8 Å². The molecule has 0 saturated heterocycles. The third kappa shape index (κ3) is 5.06. The van der Waals surface area contributed by atoms with Gasteiger partial charge in [-0.15, -0.1) is 0 Å². The Kier molecular flexibility index (Phi) is 7.10. The Morgan fingerprint density at radius 2 is 1.79 bits per heavy atom. The van der Waals surface area contributed by atoms with Crippen LogP contribution in [0.25, 0.3) is 10.9 Å². The van der Waals surface area contributed by atoms with Gasteiger partial charge in [-0.3, -0.25) is 9.59 Å². The normalized spacial score (nSPS) is 15.4. The number of H-pyrrole nitrogens is 1. The van der Waals surface area contributed by atoms with E-state index in [1.54, 1.807) is 6.20 Å². The lowest BCUT2D eigenvalue weighted by atomic mass is 10.0. The molecule has 0 bridgehead atoms. The quantitative estimate of drug-likeness (QED) is 0.270. The SMILES string of the molecule is C[C@@H](O)[C@H](N)C(=O)N[C@@H](CO)C(=O)N[C@@H](Cc1c[nH]c2ccccc12)C(=O)O. The minimum absolute atomic E-state index is 0.00433. The van der Waals surface area contributed by atoms with Crippen LogP contribution < -0.4 is 16.4 Å². The Labute approximate surface area is 160 Å². The number of fused-ring (bicyclic) bond motifs is 1. The van der Waals surface area contributed by atoms with Crippen molar-refractivity contribution in [3.63, 3.8) is 0 Å². The number of carbonyl (C=O) groups excluding carboxylic acids is 2. The number of aliphatic carboxylic acids is 1. The zero-order valence-corrected chi connectivity index (χ0v) is 15.3. The molecule has 10 nitrogen and oxygen atoms in total. The molecule has 0 spiro atoms. The van der Waals surface area contributed by atoms with Crippen LogP contribution in [0.5, 0.6) is 0 Å². The number of aliphatic hydroxyl groups excluding tert-OH is 2. The van der Waals surface area contributed by atoms with E-state index >= 15 is 0 Å². The van der Waals surface area contributed by atoms with E-state index in [1.807, 2.05) is 24.3 Å². The zero-order valence-electron chi connectivity index (χ0n) is 15.3. The van der Waals surface area contributed by atoms with Crippen molar-refractivity contribution in [1.29, 1.82) is 0 Å². The maximum absolute atomic E-state index is 12.3. The van der Waals surface area contributed by atoms with E-state index < -0.39 is 48.6 Å². The molecule has 152 valence electrons. The first-order valence-electron chi connectivity index (χ1n) is 8.67. The molecule has 2 rings (SSSR count). The van der Waals surface area contributed by atoms with E-state index in [9.17, 15) is 29.7 Å². The molecular formula is C18H24N4O6. The lowest BCUT2D eigenvalue weighted by molar-refractivity contribution is -0.142. The molecule has 1 heterocycles. The van der Waals surface area contributed by atoms with Gasteiger partial charge in [0.05, 0.1) is 12.7 Å². The Morgan fingerprint density at radius 3 is 2.39 bits per heavy atom. The second-order valence-electron chi connectivity index (χ2n) is 6.47. The van der Waals surface area contributed by atoms with Crippen LogP contribution in [0.3, 0.4) is 0 Å². The summed E-state index contributed by atoms with van der Waals surface area (Å²) in [6.07, 6.45) is 0.514. The number of hydrogen-bond acceptors (Lipinski definition) is 6. The minimum Gasteiger partial charge on any atom is -0.480 e. The molecule has 10 heteroatoms. The molecule has 0 aliphatic rings. The number of hydrogen-bond donors (Lipinski definition) is 7. The number of aliphatic hydroxyl groups is 2. The molecule has 0 aliphatic heterocycles. The van der Waals surface area contributed by atoms with Crippen molar-refractivity contribution >= 4 is 28.7 Å². The molecule has 1 aromatic heterocycles. The summed E-state index contributed by atoms with van der Waals surface area (Å²) in [4.78, 5) is 38.9. The number of aromatic nitrogens is 1. The van der Waals surface area contributed by atoms with Crippen LogP contribution in [0.15, 0.2) is 30.5 Å². The molecule has 2 amide bonds. The van der Waals surface area contributed by atoms with E-state index in [-0.39, 0.29) is 6.42 Å². The smallest absolute Gasteiger partial charge is 0.326 e. The van der Waals surface area contributed by atoms with Crippen molar-refractivity contribution in [3.05, 3.63) is 36.0 Å². The van der Waals surface area contributed by atoms with Gasteiger partial charge in [-0.25, -0.2) is 4.79 Å². The summed E-state index contributed by atoms with van der Waals surface area (Å²) in [5.74, 6) is -2.98. The number of benzene rings is 1. The summed E-state index contributed by atoms with van der Waals surface area (Å²) < 4.78 is 0. The molecule has 0 fully saturated rings. The topological polar surface area (TPSA) is 178 Å². The fraction of sp³-hybridized carbons (Fsp3) is 0.389. The van der Waals surface area contributed by atoms with Gasteiger partial charge in [0.25, 0.3) is 0 Å². The van der Waals surface area contributed by atoms with Crippen molar-refractivity contribution in [3.8, 4) is 0 Å². The zero-order chi connectivity index (χ0) is 20.8. The summed E-state index contributed by atoms with van der Waals surface area (Å²) in [7, 11) is 0. The number of aromatic amines is 1. The maximum Gasteiger partial charge on any atom is 0.326 e. The van der Waals surface area contributed by atoms with Crippen molar-refractivity contribution in [2.75, 3.05) is 6.61 Å². The average Bonchev–Trinajstić information content (AvgIpc) is 3.07. The highest BCUT2D eigenvalue weighted by Crippen LogP contribution is 2.19. The molecule has 0 aliphatic carbocycles. The second kappa shape index (κ2) is 9.31. The predicted octanol–water partition coefficient (Wildman–Crippen LogP) is -1.53. The van der Waals surface area contributed by atoms with Gasteiger partial charge in [0.2, 0.25) is 11.8 Å². The van der Waals surface area contributed by atoms with E-state index in [0.29, 0.717) is 5.56 Å². The van der Waals surface area contributed by atoms with Crippen LogP contribution >= 0.6 is 0 Å². The summed E-state index contributed by atoms with van der Waals surface area (Å²) in [6.45, 7) is 0.545. The summed E-state index contributed by atoms with van der Waals surface area (Å²) >= 11 is 0. The van der Waals surface area contributed by atoms with Gasteiger partial charge in [-0.1, -0.05) is 18.2 Å². The Bertz CT molecular complexity index is 849. The van der Waals surface area contributed by atoms with E-state index in [4.69, 9.17) is 5.73 Å². The van der Waals surface area contributed by atoms with Crippen LogP contribution in [-0.4, -0.2) is 68.9 Å². The van der Waals surface area contributed by atoms with Gasteiger partial charge in [0.1, 0.15) is 18.1 Å². The molecule has 28 heavy (non-hydrogen) atoms. The summed E-state index contributed by atoms with van der Waals surface area (Å²) in [5, 5.41) is 33.5.